The summed E-state index contributed by atoms with van der Waals surface area (Å²) >= 11 is 0. The zero-order chi connectivity index (χ0) is 28.8. The van der Waals surface area contributed by atoms with Crippen molar-refractivity contribution in [3.05, 3.63) is 84.6 Å². The molecule has 0 unspecified atom stereocenters. The van der Waals surface area contributed by atoms with Crippen molar-refractivity contribution in [3.63, 3.8) is 0 Å². The molecule has 1 aliphatic rings. The summed E-state index contributed by atoms with van der Waals surface area (Å²) in [6.07, 6.45) is 10.8. The Kier molecular flexibility index (Phi) is 6.66. The van der Waals surface area contributed by atoms with Gasteiger partial charge in [0.2, 0.25) is 5.95 Å². The lowest BCUT2D eigenvalue weighted by Gasteiger charge is -2.35. The quantitative estimate of drug-likeness (QED) is 0.311. The average Bonchev–Trinajstić information content (AvgIpc) is 3.66. The highest BCUT2D eigenvalue weighted by atomic mass is 19.1. The molecule has 212 valence electrons. The summed E-state index contributed by atoms with van der Waals surface area (Å²) in [5, 5.41) is 18.6. The molecule has 1 aliphatic heterocycles. The van der Waals surface area contributed by atoms with Crippen LogP contribution in [0.4, 0.5) is 16.2 Å². The van der Waals surface area contributed by atoms with Gasteiger partial charge < -0.3 is 20.6 Å². The number of hydrogen-bond acceptors (Lipinski definition) is 9. The van der Waals surface area contributed by atoms with Crippen molar-refractivity contribution in [1.29, 1.82) is 0 Å². The zero-order valence-electron chi connectivity index (χ0n) is 23.3. The molecule has 11 nitrogen and oxygen atoms in total. The topological polar surface area (TPSA) is 127 Å². The molecule has 0 amide bonds. The molecule has 1 saturated heterocycles. The van der Waals surface area contributed by atoms with Gasteiger partial charge in [0.1, 0.15) is 17.7 Å². The molecule has 12 heteroatoms. The summed E-state index contributed by atoms with van der Waals surface area (Å²) in [5.41, 5.74) is 9.63. The number of benzene rings is 1. The molecule has 41 heavy (non-hydrogen) atoms. The van der Waals surface area contributed by atoms with Gasteiger partial charge in [0.05, 0.1) is 23.9 Å². The Balaban J connectivity index is 1.16. The van der Waals surface area contributed by atoms with Gasteiger partial charge in [-0.1, -0.05) is 12.1 Å². The van der Waals surface area contributed by atoms with E-state index in [1.807, 2.05) is 37.7 Å². The summed E-state index contributed by atoms with van der Waals surface area (Å²) in [5.74, 6) is 1.21. The molecule has 6 rings (SSSR count). The number of hydrogen-bond donors (Lipinski definition) is 2. The number of halogens is 1. The van der Waals surface area contributed by atoms with E-state index in [9.17, 15) is 9.50 Å². The van der Waals surface area contributed by atoms with Crippen molar-refractivity contribution in [2.24, 2.45) is 5.73 Å². The number of rotatable bonds is 7. The smallest absolute Gasteiger partial charge is 0.225 e. The van der Waals surface area contributed by atoms with E-state index in [4.69, 9.17) is 5.73 Å². The first-order valence-electron chi connectivity index (χ1n) is 13.5. The average molecular weight is 557 g/mol. The predicted octanol–water partition coefficient (Wildman–Crippen LogP) is 2.80. The largest absolute Gasteiger partial charge is 0.394 e. The van der Waals surface area contributed by atoms with E-state index in [0.29, 0.717) is 5.95 Å². The van der Waals surface area contributed by atoms with Crippen LogP contribution in [0.15, 0.2) is 67.6 Å². The maximum absolute atomic E-state index is 13.4. The molecule has 5 aromatic rings. The van der Waals surface area contributed by atoms with Gasteiger partial charge in [-0.25, -0.2) is 23.9 Å². The Labute approximate surface area is 237 Å². The van der Waals surface area contributed by atoms with Crippen molar-refractivity contribution in [2.45, 2.75) is 31.8 Å². The number of nitrogens with two attached hydrogens (primary N) is 1. The fraction of sp³-hybridized carbons (Fsp3) is 0.345. The van der Waals surface area contributed by atoms with E-state index in [2.05, 4.69) is 41.0 Å². The van der Waals surface area contributed by atoms with Gasteiger partial charge in [-0.2, -0.15) is 10.2 Å². The van der Waals surface area contributed by atoms with E-state index >= 15 is 0 Å². The maximum Gasteiger partial charge on any atom is 0.225 e. The van der Waals surface area contributed by atoms with Crippen molar-refractivity contribution >= 4 is 17.3 Å². The van der Waals surface area contributed by atoms with E-state index in [1.165, 1.54) is 12.1 Å². The van der Waals surface area contributed by atoms with Gasteiger partial charge in [0, 0.05) is 67.7 Å². The molecule has 0 saturated carbocycles. The standard InChI is InChI=1S/C29H33FN10O/c1-28(2,18-41)40-17-21(13-35-40)20-12-25-26(34-19-36-39(25)16-20)37-8-10-38(11-9-37)27-32-14-23(15-33-27)29(3,31)22-4-6-24(30)7-5-22/h4-7,12-17,19,41H,8-11,18,31H2,1-3H3/t29-/m0/s1. The monoisotopic (exact) mass is 556 g/mol. The van der Waals surface area contributed by atoms with E-state index < -0.39 is 11.1 Å². The SMILES string of the molecule is CC(C)(CO)n1cc(-c2cc3c(N4CCN(c5ncc([C@@](C)(N)c6ccc(F)cc6)cn5)CC4)ncnn3c2)cn1. The van der Waals surface area contributed by atoms with Crippen LogP contribution in [0.3, 0.4) is 0 Å². The second kappa shape index (κ2) is 10.2. The second-order valence-electron chi connectivity index (χ2n) is 11.2. The first-order valence-corrected chi connectivity index (χ1v) is 13.5. The summed E-state index contributed by atoms with van der Waals surface area (Å²) < 4.78 is 17.0. The normalized spacial score (nSPS) is 15.9. The Morgan fingerprint density at radius 1 is 0.854 bits per heavy atom. The molecule has 1 fully saturated rings. The third-order valence-corrected chi connectivity index (χ3v) is 7.85. The Hall–Kier alpha value is -4.42. The van der Waals surface area contributed by atoms with E-state index in [-0.39, 0.29) is 12.4 Å². The first-order chi connectivity index (χ1) is 19.7. The van der Waals surface area contributed by atoms with Crippen LogP contribution in [-0.4, -0.2) is 72.2 Å². The van der Waals surface area contributed by atoms with Crippen LogP contribution >= 0.6 is 0 Å². The van der Waals surface area contributed by atoms with Crippen LogP contribution in [-0.2, 0) is 11.1 Å². The van der Waals surface area contributed by atoms with Gasteiger partial charge in [-0.15, -0.1) is 0 Å². The van der Waals surface area contributed by atoms with Gasteiger partial charge in [-0.05, 0) is 44.5 Å². The third kappa shape index (κ3) is 5.00. The van der Waals surface area contributed by atoms with Gasteiger partial charge in [-0.3, -0.25) is 4.68 Å². The Morgan fingerprint density at radius 3 is 2.22 bits per heavy atom. The van der Waals surface area contributed by atoms with Crippen LogP contribution < -0.4 is 15.5 Å². The number of aliphatic hydroxyl groups is 1. The predicted molar refractivity (Wildman–Crippen MR) is 154 cm³/mol. The number of anilines is 2. The molecule has 1 aromatic carbocycles. The highest BCUT2D eigenvalue weighted by Crippen LogP contribution is 2.29. The zero-order valence-corrected chi connectivity index (χ0v) is 23.3. The highest BCUT2D eigenvalue weighted by Gasteiger charge is 2.27. The Bertz CT molecular complexity index is 1650. The van der Waals surface area contributed by atoms with Gasteiger partial charge in [0.15, 0.2) is 5.82 Å². The first kappa shape index (κ1) is 26.8. The molecule has 3 N–H and O–H groups in total. The molecule has 4 aromatic heterocycles. The van der Waals surface area contributed by atoms with Gasteiger partial charge >= 0.3 is 0 Å². The maximum atomic E-state index is 13.4. The number of aromatic nitrogens is 7. The molecule has 0 bridgehead atoms. The molecule has 0 radical (unpaired) electrons. The molecular formula is C29H33FN10O. The van der Waals surface area contributed by atoms with Crippen molar-refractivity contribution in [1.82, 2.24) is 34.3 Å². The minimum Gasteiger partial charge on any atom is -0.394 e. The van der Waals surface area contributed by atoms with Gasteiger partial charge in [0.25, 0.3) is 0 Å². The number of fused-ring (bicyclic) bond motifs is 1. The molecule has 1 atom stereocenters. The van der Waals surface area contributed by atoms with Crippen LogP contribution in [0.2, 0.25) is 0 Å². The van der Waals surface area contributed by atoms with Crippen molar-refractivity contribution < 1.29 is 9.50 Å². The summed E-state index contributed by atoms with van der Waals surface area (Å²) in [6.45, 7) is 8.67. The molecule has 0 aliphatic carbocycles. The molecule has 0 spiro atoms. The van der Waals surface area contributed by atoms with E-state index in [0.717, 1.165) is 59.8 Å². The second-order valence-corrected chi connectivity index (χ2v) is 11.2. The fourth-order valence-electron chi connectivity index (χ4n) is 5.03. The van der Waals surface area contributed by atoms with Crippen LogP contribution in [0.1, 0.15) is 31.9 Å². The highest BCUT2D eigenvalue weighted by molar-refractivity contribution is 5.77. The number of nitrogens with zero attached hydrogens (tertiary/aromatic N) is 9. The summed E-state index contributed by atoms with van der Waals surface area (Å²) in [7, 11) is 0. The lowest BCUT2D eigenvalue weighted by atomic mass is 9.87. The van der Waals surface area contributed by atoms with Crippen LogP contribution in [0, 0.1) is 5.82 Å². The molecular weight excluding hydrogens is 523 g/mol. The van der Waals surface area contributed by atoms with Crippen LogP contribution in [0.25, 0.3) is 16.6 Å². The third-order valence-electron chi connectivity index (χ3n) is 7.85. The van der Waals surface area contributed by atoms with E-state index in [1.54, 1.807) is 41.7 Å². The number of aliphatic hydroxyl groups excluding tert-OH is 1. The minimum atomic E-state index is -0.840. The van der Waals surface area contributed by atoms with Crippen molar-refractivity contribution in [3.8, 4) is 11.1 Å². The summed E-state index contributed by atoms with van der Waals surface area (Å²) in [6, 6.07) is 8.25. The molecule has 5 heterocycles. The fourth-order valence-corrected chi connectivity index (χ4v) is 5.03. The van der Waals surface area contributed by atoms with Crippen LogP contribution in [0.5, 0.6) is 0 Å². The minimum absolute atomic E-state index is 0.00889. The lowest BCUT2D eigenvalue weighted by molar-refractivity contribution is 0.152. The number of piperazine rings is 1. The lowest BCUT2D eigenvalue weighted by Crippen LogP contribution is -2.47. The Morgan fingerprint density at radius 2 is 1.54 bits per heavy atom. The summed E-state index contributed by atoms with van der Waals surface area (Å²) in [4.78, 5) is 18.2. The van der Waals surface area contributed by atoms with Crippen molar-refractivity contribution in [2.75, 3.05) is 42.6 Å².